The van der Waals surface area contributed by atoms with Crippen molar-refractivity contribution >= 4 is 5.96 Å². The number of hydrogen-bond donors (Lipinski definition) is 2. The summed E-state index contributed by atoms with van der Waals surface area (Å²) in [5.41, 5.74) is 3.11. The third-order valence-corrected chi connectivity index (χ3v) is 5.49. The molecule has 1 aliphatic rings. The van der Waals surface area contributed by atoms with Gasteiger partial charge in [-0.2, -0.15) is 5.10 Å². The van der Waals surface area contributed by atoms with Crippen molar-refractivity contribution in [3.05, 3.63) is 59.4 Å². The van der Waals surface area contributed by atoms with Gasteiger partial charge in [0.05, 0.1) is 30.6 Å². The monoisotopic (exact) mass is 422 g/mol. The molecule has 1 aliphatic heterocycles. The minimum atomic E-state index is 0.225. The van der Waals surface area contributed by atoms with E-state index in [1.807, 2.05) is 54.5 Å². The summed E-state index contributed by atoms with van der Waals surface area (Å²) in [4.78, 5) is 4.84. The van der Waals surface area contributed by atoms with Crippen molar-refractivity contribution in [2.45, 2.75) is 45.9 Å². The van der Waals surface area contributed by atoms with E-state index in [0.29, 0.717) is 13.1 Å². The molecule has 3 aromatic rings. The number of benzene rings is 1. The number of aryl methyl sites for hydroxylation is 2. The Hall–Kier alpha value is -3.20. The minimum Gasteiger partial charge on any atom is -0.376 e. The summed E-state index contributed by atoms with van der Waals surface area (Å²) in [6, 6.07) is 10.2. The second-order valence-corrected chi connectivity index (χ2v) is 7.79. The van der Waals surface area contributed by atoms with E-state index in [0.717, 1.165) is 60.5 Å². The molecule has 164 valence electrons. The summed E-state index contributed by atoms with van der Waals surface area (Å²) in [6.45, 7) is 6.55. The quantitative estimate of drug-likeness (QED) is 0.447. The van der Waals surface area contributed by atoms with Crippen LogP contribution in [0.4, 0.5) is 0 Å². The molecule has 1 unspecified atom stereocenters. The number of guanidine groups is 1. The summed E-state index contributed by atoms with van der Waals surface area (Å²) < 4.78 is 9.62. The maximum Gasteiger partial charge on any atom is 0.192 e. The van der Waals surface area contributed by atoms with Gasteiger partial charge in [-0.25, -0.2) is 9.67 Å². The highest BCUT2D eigenvalue weighted by Gasteiger charge is 2.16. The molecule has 0 saturated carbocycles. The van der Waals surface area contributed by atoms with Gasteiger partial charge in [0.1, 0.15) is 5.82 Å². The molecular formula is C22H30N8O. The number of aromatic nitrogens is 5. The standard InChI is InChI=1S/C22H30N8O/c1-16-10-11-30(28-16)20-9-5-4-7-18(20)13-23-22(24-14-19-8-6-12-31-19)25-15-21-27-26-17(2)29(21)3/h4-5,7,9-11,19H,6,8,12-15H2,1-3H3,(H2,23,24,25). The highest BCUT2D eigenvalue weighted by atomic mass is 16.5. The van der Waals surface area contributed by atoms with Crippen molar-refractivity contribution in [2.24, 2.45) is 12.0 Å². The number of aliphatic imine (C=N–C) groups is 1. The van der Waals surface area contributed by atoms with E-state index in [9.17, 15) is 0 Å². The first-order chi connectivity index (χ1) is 15.1. The van der Waals surface area contributed by atoms with E-state index >= 15 is 0 Å². The SMILES string of the molecule is Cc1ccn(-c2ccccc2CN=C(NCc2nnc(C)n2C)NCC2CCCO2)n1. The van der Waals surface area contributed by atoms with Crippen molar-refractivity contribution in [3.8, 4) is 5.69 Å². The first-order valence-corrected chi connectivity index (χ1v) is 10.7. The summed E-state index contributed by atoms with van der Waals surface area (Å²) in [6.07, 6.45) is 4.39. The third-order valence-electron chi connectivity index (χ3n) is 5.49. The average molecular weight is 423 g/mol. The topological polar surface area (TPSA) is 94.2 Å². The van der Waals surface area contributed by atoms with Crippen LogP contribution in [0, 0.1) is 13.8 Å². The third kappa shape index (κ3) is 5.29. The molecule has 1 aromatic carbocycles. The molecule has 0 radical (unpaired) electrons. The zero-order chi connectivity index (χ0) is 21.6. The van der Waals surface area contributed by atoms with Crippen molar-refractivity contribution < 1.29 is 4.74 Å². The Morgan fingerprint density at radius 2 is 2.06 bits per heavy atom. The van der Waals surface area contributed by atoms with Crippen LogP contribution in [0.25, 0.3) is 5.69 Å². The number of hydrogen-bond acceptors (Lipinski definition) is 5. The molecule has 4 rings (SSSR count). The Morgan fingerprint density at radius 3 is 2.77 bits per heavy atom. The Balaban J connectivity index is 1.49. The van der Waals surface area contributed by atoms with E-state index in [2.05, 4.69) is 38.1 Å². The fraction of sp³-hybridized carbons (Fsp3) is 0.455. The summed E-state index contributed by atoms with van der Waals surface area (Å²) >= 11 is 0. The molecule has 3 heterocycles. The van der Waals surface area contributed by atoms with Crippen LogP contribution in [0.5, 0.6) is 0 Å². The predicted octanol–water partition coefficient (Wildman–Crippen LogP) is 2.03. The van der Waals surface area contributed by atoms with Gasteiger partial charge in [0, 0.05) is 26.4 Å². The fourth-order valence-electron chi connectivity index (χ4n) is 3.54. The van der Waals surface area contributed by atoms with E-state index in [1.165, 1.54) is 0 Å². The lowest BCUT2D eigenvalue weighted by atomic mass is 10.2. The van der Waals surface area contributed by atoms with E-state index in [-0.39, 0.29) is 6.10 Å². The number of nitrogens with one attached hydrogen (secondary N) is 2. The van der Waals surface area contributed by atoms with Crippen LogP contribution in [0.3, 0.4) is 0 Å². The summed E-state index contributed by atoms with van der Waals surface area (Å²) in [7, 11) is 1.96. The van der Waals surface area contributed by atoms with Gasteiger partial charge in [0.2, 0.25) is 0 Å². The highest BCUT2D eigenvalue weighted by Crippen LogP contribution is 2.15. The van der Waals surface area contributed by atoms with Crippen LogP contribution >= 0.6 is 0 Å². The lowest BCUT2D eigenvalue weighted by molar-refractivity contribution is 0.113. The van der Waals surface area contributed by atoms with Crippen molar-refractivity contribution in [3.63, 3.8) is 0 Å². The first kappa shape index (κ1) is 21.0. The Labute approximate surface area is 182 Å². The van der Waals surface area contributed by atoms with Crippen LogP contribution in [-0.4, -0.2) is 49.8 Å². The minimum absolute atomic E-state index is 0.225. The Kier molecular flexibility index (Phi) is 6.61. The van der Waals surface area contributed by atoms with Crippen molar-refractivity contribution in [1.29, 1.82) is 0 Å². The maximum absolute atomic E-state index is 5.75. The van der Waals surface area contributed by atoms with E-state index in [4.69, 9.17) is 9.73 Å². The van der Waals surface area contributed by atoms with E-state index in [1.54, 1.807) is 0 Å². The molecule has 0 aliphatic carbocycles. The molecule has 9 heteroatoms. The zero-order valence-electron chi connectivity index (χ0n) is 18.4. The predicted molar refractivity (Wildman–Crippen MR) is 119 cm³/mol. The van der Waals surface area contributed by atoms with Gasteiger partial charge in [0.25, 0.3) is 0 Å². The summed E-state index contributed by atoms with van der Waals surface area (Å²) in [5.74, 6) is 2.46. The van der Waals surface area contributed by atoms with Gasteiger partial charge in [-0.1, -0.05) is 18.2 Å². The molecule has 2 aromatic heterocycles. The molecule has 1 fully saturated rings. The largest absolute Gasteiger partial charge is 0.376 e. The molecule has 0 bridgehead atoms. The van der Waals surface area contributed by atoms with Gasteiger partial charge < -0.3 is 19.9 Å². The first-order valence-electron chi connectivity index (χ1n) is 10.7. The van der Waals surface area contributed by atoms with Gasteiger partial charge in [-0.15, -0.1) is 10.2 Å². The molecule has 1 atom stereocenters. The van der Waals surface area contributed by atoms with Gasteiger partial charge >= 0.3 is 0 Å². The molecule has 0 spiro atoms. The Morgan fingerprint density at radius 1 is 1.19 bits per heavy atom. The molecule has 2 N–H and O–H groups in total. The van der Waals surface area contributed by atoms with Crippen LogP contribution < -0.4 is 10.6 Å². The smallest absolute Gasteiger partial charge is 0.192 e. The lowest BCUT2D eigenvalue weighted by Crippen LogP contribution is -2.41. The fourth-order valence-corrected chi connectivity index (χ4v) is 3.54. The lowest BCUT2D eigenvalue weighted by Gasteiger charge is -2.16. The molecule has 0 amide bonds. The second-order valence-electron chi connectivity index (χ2n) is 7.79. The summed E-state index contributed by atoms with van der Waals surface area (Å²) in [5, 5.41) is 19.7. The van der Waals surface area contributed by atoms with Gasteiger partial charge in [-0.05, 0) is 44.4 Å². The maximum atomic E-state index is 5.75. The zero-order valence-corrected chi connectivity index (χ0v) is 18.4. The number of para-hydroxylation sites is 1. The van der Waals surface area contributed by atoms with E-state index < -0.39 is 0 Å². The van der Waals surface area contributed by atoms with Gasteiger partial charge in [0.15, 0.2) is 11.8 Å². The number of ether oxygens (including phenoxy) is 1. The average Bonchev–Trinajstić information content (AvgIpc) is 3.52. The number of rotatable bonds is 7. The molecule has 9 nitrogen and oxygen atoms in total. The van der Waals surface area contributed by atoms with Crippen molar-refractivity contribution in [2.75, 3.05) is 13.2 Å². The second kappa shape index (κ2) is 9.74. The normalized spacial score (nSPS) is 16.6. The molecule has 1 saturated heterocycles. The van der Waals surface area contributed by atoms with Crippen LogP contribution in [0.15, 0.2) is 41.5 Å². The van der Waals surface area contributed by atoms with Crippen molar-refractivity contribution in [1.82, 2.24) is 35.2 Å². The van der Waals surface area contributed by atoms with Crippen LogP contribution in [0.2, 0.25) is 0 Å². The highest BCUT2D eigenvalue weighted by molar-refractivity contribution is 5.79. The molecular weight excluding hydrogens is 392 g/mol. The Bertz CT molecular complexity index is 1030. The van der Waals surface area contributed by atoms with Crippen LogP contribution in [0.1, 0.15) is 35.7 Å². The number of nitrogens with zero attached hydrogens (tertiary/aromatic N) is 6. The molecule has 31 heavy (non-hydrogen) atoms. The van der Waals surface area contributed by atoms with Crippen LogP contribution in [-0.2, 0) is 24.9 Å². The van der Waals surface area contributed by atoms with Gasteiger partial charge in [-0.3, -0.25) is 0 Å².